The largest absolute Gasteiger partial charge is 0.411 e. The molecule has 0 saturated carbocycles. The van der Waals surface area contributed by atoms with Gasteiger partial charge in [0.2, 0.25) is 0 Å². The minimum atomic E-state index is -4.46. The molecule has 142 valence electrons. The standard InChI is InChI=1S/C15H13Cl2F3N2O3S/c1-9-5-10(16)6-12(17)14(9)26(23,24)22-13-4-2-3-11(21-13)7-25-8-15(18,19)20/h2-6H,7-8H2,1H3,(H,21,22). The second-order valence-corrected chi connectivity index (χ2v) is 7.72. The number of aryl methyl sites for hydroxylation is 1. The minimum Gasteiger partial charge on any atom is -0.366 e. The van der Waals surface area contributed by atoms with E-state index in [0.29, 0.717) is 5.56 Å². The smallest absolute Gasteiger partial charge is 0.366 e. The van der Waals surface area contributed by atoms with E-state index in [-0.39, 0.29) is 26.5 Å². The van der Waals surface area contributed by atoms with Crippen molar-refractivity contribution < 1.29 is 26.3 Å². The van der Waals surface area contributed by atoms with Gasteiger partial charge in [0.15, 0.2) is 0 Å². The van der Waals surface area contributed by atoms with E-state index < -0.39 is 29.4 Å². The molecule has 1 aromatic heterocycles. The molecule has 0 bridgehead atoms. The second kappa shape index (κ2) is 7.99. The van der Waals surface area contributed by atoms with Gasteiger partial charge in [0, 0.05) is 5.02 Å². The first-order chi connectivity index (χ1) is 12.0. The summed E-state index contributed by atoms with van der Waals surface area (Å²) in [6.45, 7) is -0.318. The van der Waals surface area contributed by atoms with Crippen molar-refractivity contribution in [2.75, 3.05) is 11.3 Å². The zero-order chi connectivity index (χ0) is 19.5. The Balaban J connectivity index is 2.19. The highest BCUT2D eigenvalue weighted by Gasteiger charge is 2.27. The summed E-state index contributed by atoms with van der Waals surface area (Å²) < 4.78 is 68.1. The molecule has 0 fully saturated rings. The molecule has 2 aromatic rings. The Morgan fingerprint density at radius 2 is 1.92 bits per heavy atom. The fourth-order valence-electron chi connectivity index (χ4n) is 2.11. The van der Waals surface area contributed by atoms with Crippen LogP contribution >= 0.6 is 23.2 Å². The highest BCUT2D eigenvalue weighted by molar-refractivity contribution is 7.92. The highest BCUT2D eigenvalue weighted by atomic mass is 35.5. The summed E-state index contributed by atoms with van der Waals surface area (Å²) in [6, 6.07) is 6.93. The number of nitrogens with zero attached hydrogens (tertiary/aromatic N) is 1. The molecule has 0 aliphatic carbocycles. The van der Waals surface area contributed by atoms with Crippen molar-refractivity contribution in [2.24, 2.45) is 0 Å². The maximum absolute atomic E-state index is 12.6. The molecule has 0 amide bonds. The molecule has 0 spiro atoms. The van der Waals surface area contributed by atoms with Gasteiger partial charge in [-0.3, -0.25) is 4.72 Å². The third-order valence-electron chi connectivity index (χ3n) is 3.02. The number of halogens is 5. The Kier molecular flexibility index (Phi) is 6.38. The summed E-state index contributed by atoms with van der Waals surface area (Å²) in [5.41, 5.74) is 0.466. The van der Waals surface area contributed by atoms with E-state index in [2.05, 4.69) is 14.4 Å². The normalized spacial score (nSPS) is 12.2. The molecule has 11 heteroatoms. The van der Waals surface area contributed by atoms with Gasteiger partial charge >= 0.3 is 6.18 Å². The number of sulfonamides is 1. The van der Waals surface area contributed by atoms with Crippen LogP contribution in [-0.2, 0) is 21.4 Å². The van der Waals surface area contributed by atoms with Crippen molar-refractivity contribution in [2.45, 2.75) is 24.6 Å². The second-order valence-electron chi connectivity index (χ2n) is 5.26. The van der Waals surface area contributed by atoms with Crippen LogP contribution in [0.15, 0.2) is 35.2 Å². The van der Waals surface area contributed by atoms with Crippen molar-refractivity contribution in [3.8, 4) is 0 Å². The molecule has 0 saturated heterocycles. The van der Waals surface area contributed by atoms with Crippen LogP contribution in [0.2, 0.25) is 10.0 Å². The van der Waals surface area contributed by atoms with Crippen LogP contribution in [0.3, 0.4) is 0 Å². The monoisotopic (exact) mass is 428 g/mol. The summed E-state index contributed by atoms with van der Waals surface area (Å²) in [5.74, 6) is -0.0801. The van der Waals surface area contributed by atoms with E-state index >= 15 is 0 Å². The molecule has 5 nitrogen and oxygen atoms in total. The summed E-state index contributed by atoms with van der Waals surface area (Å²) in [7, 11) is -4.08. The van der Waals surface area contributed by atoms with Gasteiger partial charge in [-0.05, 0) is 36.8 Å². The Morgan fingerprint density at radius 3 is 2.54 bits per heavy atom. The van der Waals surface area contributed by atoms with Gasteiger partial charge < -0.3 is 4.74 Å². The number of aromatic nitrogens is 1. The molecule has 0 aliphatic rings. The summed E-state index contributed by atoms with van der Waals surface area (Å²) in [5, 5.41) is 0.223. The van der Waals surface area contributed by atoms with Gasteiger partial charge in [0.1, 0.15) is 17.3 Å². The van der Waals surface area contributed by atoms with Crippen LogP contribution in [0.5, 0.6) is 0 Å². The van der Waals surface area contributed by atoms with Gasteiger partial charge in [-0.15, -0.1) is 0 Å². The van der Waals surface area contributed by atoms with Crippen LogP contribution in [-0.4, -0.2) is 26.2 Å². The fourth-order valence-corrected chi connectivity index (χ4v) is 4.30. The van der Waals surface area contributed by atoms with Crippen molar-refractivity contribution in [3.05, 3.63) is 51.6 Å². The van der Waals surface area contributed by atoms with Crippen LogP contribution in [0.25, 0.3) is 0 Å². The van der Waals surface area contributed by atoms with Crippen molar-refractivity contribution in [3.63, 3.8) is 0 Å². The molecule has 1 N–H and O–H groups in total. The average molecular weight is 429 g/mol. The zero-order valence-electron chi connectivity index (χ0n) is 13.3. The Bertz CT molecular complexity index is 882. The average Bonchev–Trinajstić information content (AvgIpc) is 2.44. The third-order valence-corrected chi connectivity index (χ3v) is 5.21. The number of anilines is 1. The van der Waals surface area contributed by atoms with Crippen molar-refractivity contribution in [1.82, 2.24) is 4.98 Å². The van der Waals surface area contributed by atoms with Crippen molar-refractivity contribution >= 4 is 39.0 Å². The van der Waals surface area contributed by atoms with Gasteiger partial charge in [-0.2, -0.15) is 13.2 Å². The number of pyridine rings is 1. The van der Waals surface area contributed by atoms with E-state index in [1.165, 1.54) is 37.3 Å². The van der Waals surface area contributed by atoms with E-state index in [1.807, 2.05) is 0 Å². The third kappa shape index (κ3) is 5.73. The Hall–Kier alpha value is -1.55. The molecule has 0 aliphatic heterocycles. The van der Waals surface area contributed by atoms with Crippen LogP contribution in [0.4, 0.5) is 19.0 Å². The summed E-state index contributed by atoms with van der Waals surface area (Å²) in [6.07, 6.45) is -4.46. The maximum atomic E-state index is 12.6. The topological polar surface area (TPSA) is 68.3 Å². The lowest BCUT2D eigenvalue weighted by molar-refractivity contribution is -0.176. The van der Waals surface area contributed by atoms with Crippen LogP contribution < -0.4 is 4.72 Å². The molecule has 0 radical (unpaired) electrons. The fraction of sp³-hybridized carbons (Fsp3) is 0.267. The molecule has 1 aromatic carbocycles. The lowest BCUT2D eigenvalue weighted by Gasteiger charge is -2.13. The molecule has 0 atom stereocenters. The Morgan fingerprint density at radius 1 is 1.23 bits per heavy atom. The Labute approximate surface area is 158 Å². The number of nitrogens with one attached hydrogen (secondary N) is 1. The first-order valence-electron chi connectivity index (χ1n) is 7.07. The number of rotatable bonds is 6. The number of alkyl halides is 3. The molecule has 0 unspecified atom stereocenters. The quantitative estimate of drug-likeness (QED) is 0.730. The molecular formula is C15H13Cl2F3N2O3S. The number of hydrogen-bond donors (Lipinski definition) is 1. The van der Waals surface area contributed by atoms with Gasteiger partial charge in [-0.1, -0.05) is 29.3 Å². The van der Waals surface area contributed by atoms with E-state index in [4.69, 9.17) is 23.2 Å². The van der Waals surface area contributed by atoms with E-state index in [0.717, 1.165) is 0 Å². The predicted molar refractivity (Wildman–Crippen MR) is 92.0 cm³/mol. The first-order valence-corrected chi connectivity index (χ1v) is 9.31. The number of benzene rings is 1. The maximum Gasteiger partial charge on any atom is 0.411 e. The molecule has 2 rings (SSSR count). The van der Waals surface area contributed by atoms with Crippen LogP contribution in [0.1, 0.15) is 11.3 Å². The lowest BCUT2D eigenvalue weighted by atomic mass is 10.2. The van der Waals surface area contributed by atoms with E-state index in [9.17, 15) is 21.6 Å². The first kappa shape index (κ1) is 20.8. The predicted octanol–water partition coefficient (Wildman–Crippen LogP) is 4.58. The number of hydrogen-bond acceptors (Lipinski definition) is 4. The summed E-state index contributed by atoms with van der Waals surface area (Å²) in [4.78, 5) is 3.77. The van der Waals surface area contributed by atoms with Gasteiger partial charge in [0.05, 0.1) is 17.3 Å². The molecular weight excluding hydrogens is 416 g/mol. The lowest BCUT2D eigenvalue weighted by Crippen LogP contribution is -2.18. The molecule has 1 heterocycles. The zero-order valence-corrected chi connectivity index (χ0v) is 15.6. The molecule has 26 heavy (non-hydrogen) atoms. The highest BCUT2D eigenvalue weighted by Crippen LogP contribution is 2.30. The van der Waals surface area contributed by atoms with Gasteiger partial charge in [0.25, 0.3) is 10.0 Å². The minimum absolute atomic E-state index is 0.0628. The van der Waals surface area contributed by atoms with Crippen LogP contribution in [0, 0.1) is 6.92 Å². The van der Waals surface area contributed by atoms with Gasteiger partial charge in [-0.25, -0.2) is 13.4 Å². The van der Waals surface area contributed by atoms with Crippen molar-refractivity contribution in [1.29, 1.82) is 0 Å². The van der Waals surface area contributed by atoms with E-state index in [1.54, 1.807) is 0 Å². The SMILES string of the molecule is Cc1cc(Cl)cc(Cl)c1S(=O)(=O)Nc1cccc(COCC(F)(F)F)n1. The summed E-state index contributed by atoms with van der Waals surface area (Å²) >= 11 is 11.8. The number of ether oxygens (including phenoxy) is 1.